The minimum atomic E-state index is -3.86. The Labute approximate surface area is 112 Å². The number of hydrogen-bond acceptors (Lipinski definition) is 4. The summed E-state index contributed by atoms with van der Waals surface area (Å²) in [5, 5.41) is 6.09. The number of sulfone groups is 1. The highest BCUT2D eigenvalue weighted by atomic mass is 32.2. The van der Waals surface area contributed by atoms with E-state index in [2.05, 4.69) is 0 Å². The van der Waals surface area contributed by atoms with E-state index < -0.39 is 19.9 Å². The molecule has 0 radical (unpaired) electrons. The fourth-order valence-corrected chi connectivity index (χ4v) is 3.48. The van der Waals surface area contributed by atoms with Crippen LogP contribution in [-0.4, -0.2) is 22.6 Å². The molecule has 2 aromatic rings. The van der Waals surface area contributed by atoms with Crippen LogP contribution < -0.4 is 5.14 Å². The van der Waals surface area contributed by atoms with Gasteiger partial charge in [-0.15, -0.1) is 0 Å². The van der Waals surface area contributed by atoms with Crippen molar-refractivity contribution in [2.75, 3.05) is 5.75 Å². The number of primary sulfonamides is 1. The maximum absolute atomic E-state index is 12.0. The van der Waals surface area contributed by atoms with Crippen LogP contribution in [0.25, 0.3) is 10.8 Å². The summed E-state index contributed by atoms with van der Waals surface area (Å²) in [6, 6.07) is 9.02. The molecule has 0 amide bonds. The summed E-state index contributed by atoms with van der Waals surface area (Å²) in [4.78, 5) is 0.0248. The lowest BCUT2D eigenvalue weighted by atomic mass is 10.1. The van der Waals surface area contributed by atoms with E-state index in [-0.39, 0.29) is 15.5 Å². The van der Waals surface area contributed by atoms with Crippen molar-refractivity contribution in [1.29, 1.82) is 0 Å². The predicted molar refractivity (Wildman–Crippen MR) is 73.0 cm³/mol. The normalized spacial score (nSPS) is 12.7. The van der Waals surface area contributed by atoms with E-state index in [1.807, 2.05) is 0 Å². The maximum Gasteiger partial charge on any atom is 0.238 e. The van der Waals surface area contributed by atoms with E-state index in [1.165, 1.54) is 25.1 Å². The molecule has 19 heavy (non-hydrogen) atoms. The molecule has 0 aromatic heterocycles. The van der Waals surface area contributed by atoms with Gasteiger partial charge >= 0.3 is 0 Å². The summed E-state index contributed by atoms with van der Waals surface area (Å²) in [6.45, 7) is 1.54. The molecule has 0 atom stereocenters. The molecule has 0 saturated carbocycles. The Hall–Kier alpha value is -1.44. The van der Waals surface area contributed by atoms with Crippen LogP contribution in [0.5, 0.6) is 0 Å². The molecule has 0 unspecified atom stereocenters. The molecule has 2 N–H and O–H groups in total. The molecule has 2 aromatic carbocycles. The van der Waals surface area contributed by atoms with Gasteiger partial charge in [-0.3, -0.25) is 0 Å². The number of hydrogen-bond donors (Lipinski definition) is 1. The van der Waals surface area contributed by atoms with Crippen molar-refractivity contribution < 1.29 is 16.8 Å². The van der Waals surface area contributed by atoms with Crippen molar-refractivity contribution in [3.05, 3.63) is 36.4 Å². The highest BCUT2D eigenvalue weighted by molar-refractivity contribution is 7.91. The summed E-state index contributed by atoms with van der Waals surface area (Å²) < 4.78 is 46.7. The molecule has 0 heterocycles. The first-order chi connectivity index (χ1) is 8.75. The Bertz CT molecular complexity index is 839. The van der Waals surface area contributed by atoms with E-state index in [4.69, 9.17) is 5.14 Å². The number of sulfonamides is 1. The van der Waals surface area contributed by atoms with Gasteiger partial charge < -0.3 is 0 Å². The summed E-state index contributed by atoms with van der Waals surface area (Å²) in [5.74, 6) is -0.0499. The van der Waals surface area contributed by atoms with Crippen molar-refractivity contribution >= 4 is 30.6 Å². The molecular formula is C12H13NO4S2. The van der Waals surface area contributed by atoms with Crippen molar-refractivity contribution in [2.45, 2.75) is 16.7 Å². The van der Waals surface area contributed by atoms with Gasteiger partial charge in [-0.1, -0.05) is 25.1 Å². The van der Waals surface area contributed by atoms with Crippen LogP contribution in [0.1, 0.15) is 6.92 Å². The van der Waals surface area contributed by atoms with Crippen LogP contribution >= 0.6 is 0 Å². The highest BCUT2D eigenvalue weighted by Crippen LogP contribution is 2.26. The number of rotatable bonds is 3. The average molecular weight is 299 g/mol. The third-order valence-electron chi connectivity index (χ3n) is 2.86. The van der Waals surface area contributed by atoms with Gasteiger partial charge in [-0.05, 0) is 23.6 Å². The third kappa shape index (κ3) is 2.63. The van der Waals surface area contributed by atoms with Crippen LogP contribution in [0.3, 0.4) is 0 Å². The molecule has 0 fully saturated rings. The average Bonchev–Trinajstić information content (AvgIpc) is 2.36. The second kappa shape index (κ2) is 4.59. The second-order valence-electron chi connectivity index (χ2n) is 4.09. The minimum absolute atomic E-state index is 0.0499. The van der Waals surface area contributed by atoms with E-state index >= 15 is 0 Å². The Kier molecular flexibility index (Phi) is 3.38. The minimum Gasteiger partial charge on any atom is -0.225 e. The largest absolute Gasteiger partial charge is 0.238 e. The molecule has 0 saturated heterocycles. The van der Waals surface area contributed by atoms with Gasteiger partial charge in [0, 0.05) is 5.39 Å². The Morgan fingerprint density at radius 1 is 1.05 bits per heavy atom. The monoisotopic (exact) mass is 299 g/mol. The summed E-state index contributed by atoms with van der Waals surface area (Å²) >= 11 is 0. The second-order valence-corrected chi connectivity index (χ2v) is 7.90. The lowest BCUT2D eigenvalue weighted by molar-refractivity contribution is 0.595. The van der Waals surface area contributed by atoms with Crippen LogP contribution in [0, 0.1) is 0 Å². The van der Waals surface area contributed by atoms with Gasteiger partial charge in [0.05, 0.1) is 15.5 Å². The first-order valence-electron chi connectivity index (χ1n) is 5.54. The maximum atomic E-state index is 12.0. The smallest absolute Gasteiger partial charge is 0.225 e. The van der Waals surface area contributed by atoms with Crippen LogP contribution in [0.15, 0.2) is 46.2 Å². The zero-order valence-electron chi connectivity index (χ0n) is 10.2. The molecule has 0 aliphatic rings. The van der Waals surface area contributed by atoms with E-state index in [0.29, 0.717) is 10.8 Å². The molecule has 7 heteroatoms. The van der Waals surface area contributed by atoms with Gasteiger partial charge in [-0.25, -0.2) is 22.0 Å². The zero-order chi connectivity index (χ0) is 14.3. The van der Waals surface area contributed by atoms with E-state index in [1.54, 1.807) is 18.2 Å². The molecule has 0 aliphatic carbocycles. The fourth-order valence-electron chi connectivity index (χ4n) is 1.83. The first-order valence-corrected chi connectivity index (χ1v) is 8.74. The lowest BCUT2D eigenvalue weighted by Crippen LogP contribution is -2.12. The van der Waals surface area contributed by atoms with Gasteiger partial charge in [0.1, 0.15) is 0 Å². The molecule has 0 spiro atoms. The van der Waals surface area contributed by atoms with Gasteiger partial charge in [0.25, 0.3) is 0 Å². The number of benzene rings is 2. The van der Waals surface area contributed by atoms with E-state index in [9.17, 15) is 16.8 Å². The first kappa shape index (κ1) is 14.0. The predicted octanol–water partition coefficient (Wildman–Crippen LogP) is 1.28. The SMILES string of the molecule is CCS(=O)(=O)c1cccc2ccc(S(N)(=O)=O)cc12. The summed E-state index contributed by atoms with van der Waals surface area (Å²) in [5.41, 5.74) is 0. The van der Waals surface area contributed by atoms with E-state index in [0.717, 1.165) is 0 Å². The van der Waals surface area contributed by atoms with Gasteiger partial charge in [-0.2, -0.15) is 0 Å². The highest BCUT2D eigenvalue weighted by Gasteiger charge is 2.17. The lowest BCUT2D eigenvalue weighted by Gasteiger charge is -2.07. The quantitative estimate of drug-likeness (QED) is 0.923. The number of nitrogens with two attached hydrogens (primary N) is 1. The van der Waals surface area contributed by atoms with Crippen LogP contribution in [0.2, 0.25) is 0 Å². The summed E-state index contributed by atoms with van der Waals surface area (Å²) in [7, 11) is -7.28. The molecular weight excluding hydrogens is 286 g/mol. The topological polar surface area (TPSA) is 94.3 Å². The molecule has 102 valence electrons. The zero-order valence-corrected chi connectivity index (χ0v) is 11.8. The molecule has 2 rings (SSSR count). The summed E-state index contributed by atoms with van der Waals surface area (Å²) in [6.07, 6.45) is 0. The van der Waals surface area contributed by atoms with Crippen molar-refractivity contribution in [2.24, 2.45) is 5.14 Å². The standard InChI is InChI=1S/C12H13NO4S2/c1-2-18(14,15)12-5-3-4-9-6-7-10(8-11(9)12)19(13,16)17/h3-8H,2H2,1H3,(H2,13,16,17). The van der Waals surface area contributed by atoms with Crippen LogP contribution in [-0.2, 0) is 19.9 Å². The van der Waals surface area contributed by atoms with Gasteiger partial charge in [0.2, 0.25) is 10.0 Å². The van der Waals surface area contributed by atoms with Crippen molar-refractivity contribution in [1.82, 2.24) is 0 Å². The third-order valence-corrected chi connectivity index (χ3v) is 5.55. The molecule has 5 nitrogen and oxygen atoms in total. The number of fused-ring (bicyclic) bond motifs is 1. The van der Waals surface area contributed by atoms with Gasteiger partial charge in [0.15, 0.2) is 9.84 Å². The Morgan fingerprint density at radius 3 is 2.32 bits per heavy atom. The molecule has 0 bridgehead atoms. The van der Waals surface area contributed by atoms with Crippen molar-refractivity contribution in [3.8, 4) is 0 Å². The molecule has 0 aliphatic heterocycles. The Morgan fingerprint density at radius 2 is 1.74 bits per heavy atom. The fraction of sp³-hybridized carbons (Fsp3) is 0.167. The van der Waals surface area contributed by atoms with Crippen LogP contribution in [0.4, 0.5) is 0 Å². The van der Waals surface area contributed by atoms with Crippen molar-refractivity contribution in [3.63, 3.8) is 0 Å². The Balaban J connectivity index is 2.88.